The molecule has 14 unspecified atom stereocenters. The summed E-state index contributed by atoms with van der Waals surface area (Å²) in [5.74, 6) is -0.121. The molecule has 12 bridgehead atoms. The van der Waals surface area contributed by atoms with Crippen LogP contribution in [0.3, 0.4) is 0 Å². The van der Waals surface area contributed by atoms with E-state index >= 15 is 0 Å². The number of hydrogen-bond donors (Lipinski definition) is 3. The Labute approximate surface area is 715 Å². The van der Waals surface area contributed by atoms with Crippen molar-refractivity contribution in [3.63, 3.8) is 0 Å². The van der Waals surface area contributed by atoms with Gasteiger partial charge in [0.15, 0.2) is 24.4 Å². The van der Waals surface area contributed by atoms with Crippen LogP contribution in [-0.2, 0) is 85.7 Å². The zero-order chi connectivity index (χ0) is 77.9. The first-order chi connectivity index (χ1) is 48.6. The van der Waals surface area contributed by atoms with Gasteiger partial charge in [-0.1, -0.05) is 145 Å². The van der Waals surface area contributed by atoms with Crippen molar-refractivity contribution >= 4 is 47.8 Å². The van der Waals surface area contributed by atoms with E-state index < -0.39 is 68.5 Å². The standard InChI is InChI=1S/C16H26O4.C16H26O3.2C13H18O5.2C13H24O2.12CH4/c1-4-13(2,3)12(17)20-16-7-11-5-14(18,9-16)8-15(19,6-11)10-16;1-4-14(2,3)13(17)19-16-8-11-5-12(9-16)7-15(18,6-11)10-16;2*1-4-13(2,3)12(15)18-9-7-5-6-8(16-7)10(9)17-11(6)14;2*1-5-12(3,4)11(14)15-13(6-2)9-7-8-10-13;;;;;;;;;;;;/h11,18-19H,4-10H2,1-3H3;11-12,18H,4-10H2,1-3H3;2*6-10H,4-5H2,1-3H3;2*5-10H2,1-4H3;12*1H4. The highest BCUT2D eigenvalue weighted by Crippen LogP contribution is 2.62. The van der Waals surface area contributed by atoms with Crippen LogP contribution < -0.4 is 0 Å². The van der Waals surface area contributed by atoms with Crippen molar-refractivity contribution in [3.8, 4) is 0 Å². The van der Waals surface area contributed by atoms with Crippen molar-refractivity contribution in [2.75, 3.05) is 0 Å². The maximum absolute atomic E-state index is 12.4. The van der Waals surface area contributed by atoms with Crippen LogP contribution in [0.4, 0.5) is 0 Å². The highest BCUT2D eigenvalue weighted by molar-refractivity contribution is 5.81. The molecule has 16 fully saturated rings. The molecule has 0 aromatic rings. The van der Waals surface area contributed by atoms with Gasteiger partial charge in [-0.3, -0.25) is 38.4 Å². The van der Waals surface area contributed by atoms with E-state index in [-0.39, 0.29) is 207 Å². The summed E-state index contributed by atoms with van der Waals surface area (Å²) in [6, 6.07) is 0. The van der Waals surface area contributed by atoms with Crippen LogP contribution in [0.2, 0.25) is 0 Å². The molecule has 10 saturated carbocycles. The summed E-state index contributed by atoms with van der Waals surface area (Å²) in [6.45, 7) is 39.2. The maximum Gasteiger partial charge on any atom is 0.312 e. The van der Waals surface area contributed by atoms with Crippen LogP contribution in [0.15, 0.2) is 0 Å². The Morgan fingerprint density at radius 2 is 0.607 bits per heavy atom. The van der Waals surface area contributed by atoms with Gasteiger partial charge in [0, 0.05) is 25.7 Å². The molecule has 16 rings (SSSR count). The highest BCUT2D eigenvalue weighted by atomic mass is 16.7. The predicted octanol–water partition coefficient (Wildman–Crippen LogP) is 22.3. The fourth-order valence-electron chi connectivity index (χ4n) is 19.2. The van der Waals surface area contributed by atoms with Crippen molar-refractivity contribution < 1.29 is 101 Å². The number of hydrogen-bond acceptors (Lipinski definition) is 21. The zero-order valence-electron chi connectivity index (χ0n) is 67.9. The molecule has 0 aromatic carbocycles. The Balaban J connectivity index is -0.000000644. The summed E-state index contributed by atoms with van der Waals surface area (Å²) >= 11 is 0. The SMILES string of the molecule is C.C.C.C.C.C.C.C.C.C.C.C.CCC(C)(C)C(=O)OC12CC3CC(CC(O)(C3)C1)C2.CCC(C)(C)C(=O)OC12CC3CC(O)(CC(O)(C3)C1)C2.CCC(C)(C)C(=O)OC1C2CC3C(=O)OC1C3O2.CCC(C)(C)C(=O)OC1C2CC3C(=O)OC1C3O2.CCC1(OC(=O)C(C)(C)CC)CCCC1.CCC1(OC(=O)C(C)(C)CC)CCCC1. The van der Waals surface area contributed by atoms with E-state index in [0.29, 0.717) is 63.2 Å². The van der Waals surface area contributed by atoms with Gasteiger partial charge in [-0.25, -0.2) is 0 Å². The quantitative estimate of drug-likeness (QED) is 0.0754. The average Bonchev–Trinajstić information content (AvgIpc) is 1.67. The van der Waals surface area contributed by atoms with Crippen molar-refractivity contribution in [1.29, 1.82) is 0 Å². The lowest BCUT2D eigenvalue weighted by molar-refractivity contribution is -0.264. The number of aliphatic hydroxyl groups is 3. The minimum absolute atomic E-state index is 0. The number of esters is 8. The van der Waals surface area contributed by atoms with Gasteiger partial charge in [-0.15, -0.1) is 0 Å². The minimum Gasteiger partial charge on any atom is -0.459 e. The molecule has 14 atom stereocenters. The first-order valence-corrected chi connectivity index (χ1v) is 40.9. The number of carbonyl (C=O) groups excluding carboxylic acids is 8. The summed E-state index contributed by atoms with van der Waals surface area (Å²) in [4.78, 5) is 96.0. The monoisotopic (exact) mass is 1670 g/mol. The van der Waals surface area contributed by atoms with Crippen LogP contribution in [0.1, 0.15) is 420 Å². The smallest absolute Gasteiger partial charge is 0.312 e. The third-order valence-corrected chi connectivity index (χ3v) is 28.2. The molecular weight excluding hydrogens is 1490 g/mol. The summed E-state index contributed by atoms with van der Waals surface area (Å²) in [7, 11) is 0. The summed E-state index contributed by atoms with van der Waals surface area (Å²) in [5.41, 5.74) is -6.11. The Kier molecular flexibility index (Phi) is 44.4. The van der Waals surface area contributed by atoms with Gasteiger partial charge in [0.2, 0.25) is 0 Å². The molecule has 117 heavy (non-hydrogen) atoms. The normalized spacial score (nSPS) is 33.0. The second-order valence-corrected chi connectivity index (χ2v) is 39.0. The lowest BCUT2D eigenvalue weighted by Gasteiger charge is -2.62. The summed E-state index contributed by atoms with van der Waals surface area (Å²) in [5, 5.41) is 32.0. The molecule has 3 N–H and O–H groups in total. The third-order valence-electron chi connectivity index (χ3n) is 28.2. The van der Waals surface area contributed by atoms with E-state index in [1.165, 1.54) is 32.1 Å². The van der Waals surface area contributed by atoms with Crippen LogP contribution in [-0.4, -0.2) is 151 Å². The molecule has 21 heteroatoms. The van der Waals surface area contributed by atoms with Crippen LogP contribution in [0.25, 0.3) is 0 Å². The molecule has 0 aromatic heterocycles. The van der Waals surface area contributed by atoms with Crippen molar-refractivity contribution in [1.82, 2.24) is 0 Å². The van der Waals surface area contributed by atoms with Gasteiger partial charge < -0.3 is 62.7 Å². The summed E-state index contributed by atoms with van der Waals surface area (Å²) < 4.78 is 56.3. The van der Waals surface area contributed by atoms with Crippen molar-refractivity contribution in [2.45, 2.75) is 508 Å². The van der Waals surface area contributed by atoms with Gasteiger partial charge in [0.1, 0.15) is 34.6 Å². The van der Waals surface area contributed by atoms with Gasteiger partial charge in [-0.2, -0.15) is 0 Å². The van der Waals surface area contributed by atoms with Crippen molar-refractivity contribution in [3.05, 3.63) is 0 Å². The van der Waals surface area contributed by atoms with Gasteiger partial charge in [-0.05, 0) is 268 Å². The third kappa shape index (κ3) is 25.6. The molecule has 694 valence electrons. The highest BCUT2D eigenvalue weighted by Gasteiger charge is 2.68. The van der Waals surface area contributed by atoms with E-state index in [1.807, 2.05) is 125 Å². The van der Waals surface area contributed by atoms with Gasteiger partial charge in [0.05, 0.1) is 73.3 Å². The first-order valence-electron chi connectivity index (χ1n) is 40.9. The Bertz CT molecular complexity index is 2990. The van der Waals surface area contributed by atoms with Crippen LogP contribution in [0.5, 0.6) is 0 Å². The van der Waals surface area contributed by atoms with E-state index in [0.717, 1.165) is 109 Å². The summed E-state index contributed by atoms with van der Waals surface area (Å²) in [6.07, 6.45) is 23.7. The molecule has 16 aliphatic rings. The van der Waals surface area contributed by atoms with E-state index in [2.05, 4.69) is 13.8 Å². The number of rotatable bonds is 20. The van der Waals surface area contributed by atoms with E-state index in [1.54, 1.807) is 0 Å². The Morgan fingerprint density at radius 3 is 0.889 bits per heavy atom. The molecule has 6 heterocycles. The Hall–Kier alpha value is -4.44. The van der Waals surface area contributed by atoms with E-state index in [9.17, 15) is 53.7 Å². The Morgan fingerprint density at radius 1 is 0.342 bits per heavy atom. The number of fused-ring (bicyclic) bond motifs is 2. The lowest BCUT2D eigenvalue weighted by Crippen LogP contribution is -2.67. The molecule has 0 amide bonds. The average molecular weight is 1670 g/mol. The molecule has 6 saturated heterocycles. The predicted molar refractivity (Wildman–Crippen MR) is 472 cm³/mol. The topological polar surface area (TPSA) is 290 Å². The second kappa shape index (κ2) is 43.7. The van der Waals surface area contributed by atoms with Crippen LogP contribution in [0, 0.1) is 62.1 Å². The second-order valence-electron chi connectivity index (χ2n) is 39.0. The maximum atomic E-state index is 12.4. The first kappa shape index (κ1) is 119. The minimum atomic E-state index is -0.842. The molecule has 10 aliphatic carbocycles. The lowest BCUT2D eigenvalue weighted by atomic mass is 9.50. The number of carbonyl (C=O) groups is 8. The zero-order valence-corrected chi connectivity index (χ0v) is 67.9. The van der Waals surface area contributed by atoms with Crippen LogP contribution >= 0.6 is 0 Å². The number of ether oxygens (including phenoxy) is 10. The largest absolute Gasteiger partial charge is 0.459 e. The molecule has 0 spiro atoms. The van der Waals surface area contributed by atoms with Gasteiger partial charge in [0.25, 0.3) is 0 Å². The molecule has 0 radical (unpaired) electrons. The molecule has 21 nitrogen and oxygen atoms in total. The van der Waals surface area contributed by atoms with E-state index in [4.69, 9.17) is 47.4 Å². The van der Waals surface area contributed by atoms with Crippen molar-refractivity contribution in [2.24, 2.45) is 62.1 Å². The molecular formula is C96H184O21. The van der Waals surface area contributed by atoms with Gasteiger partial charge >= 0.3 is 47.8 Å². The fraction of sp³-hybridized carbons (Fsp3) is 0.917. The molecule has 6 aliphatic heterocycles. The fourth-order valence-corrected chi connectivity index (χ4v) is 19.2.